The molecule has 7 nitrogen and oxygen atoms in total. The number of nitrogens with zero attached hydrogens (tertiary/aromatic N) is 6. The van der Waals surface area contributed by atoms with Crippen LogP contribution in [0.25, 0.3) is 0 Å². The van der Waals surface area contributed by atoms with Gasteiger partial charge in [-0.05, 0) is 12.2 Å². The van der Waals surface area contributed by atoms with Gasteiger partial charge in [0.1, 0.15) is 5.69 Å². The molecule has 0 bridgehead atoms. The van der Waals surface area contributed by atoms with E-state index in [0.717, 1.165) is 5.69 Å². The molecule has 0 aliphatic heterocycles. The van der Waals surface area contributed by atoms with Crippen LogP contribution in [-0.4, -0.2) is 35.2 Å². The van der Waals surface area contributed by atoms with Gasteiger partial charge in [-0.1, -0.05) is 10.3 Å². The third-order valence-electron chi connectivity index (χ3n) is 1.50. The molecule has 2 aromatic heterocycles. The smallest absolute Gasteiger partial charge is 0.236 e. The summed E-state index contributed by atoms with van der Waals surface area (Å²) in [7, 11) is 1.76. The molecule has 2 rings (SSSR count). The fourth-order valence-corrected chi connectivity index (χ4v) is 1.09. The fraction of sp³-hybridized carbons (Fsp3) is 0.400. The van der Waals surface area contributed by atoms with Crippen LogP contribution in [0.3, 0.4) is 0 Å². The van der Waals surface area contributed by atoms with E-state index in [1.165, 1.54) is 4.80 Å². The maximum atomic E-state index is 4.89. The number of hydrogen-bond donors (Lipinski definition) is 1. The highest BCUT2D eigenvalue weighted by Gasteiger charge is 2.00. The highest BCUT2D eigenvalue weighted by molar-refractivity contribution is 7.71. The summed E-state index contributed by atoms with van der Waals surface area (Å²) < 4.78 is 2.02. The van der Waals surface area contributed by atoms with E-state index in [9.17, 15) is 0 Å². The Balaban J connectivity index is 2.24. The molecule has 8 heteroatoms. The van der Waals surface area contributed by atoms with E-state index in [1.807, 2.05) is 0 Å². The molecule has 0 aromatic carbocycles. The van der Waals surface area contributed by atoms with Crippen LogP contribution in [0.4, 0.5) is 0 Å². The summed E-state index contributed by atoms with van der Waals surface area (Å²) in [6.45, 7) is 0.514. The van der Waals surface area contributed by atoms with Crippen LogP contribution in [0.15, 0.2) is 6.20 Å². The Morgan fingerprint density at radius 1 is 1.62 bits per heavy atom. The molecule has 0 fully saturated rings. The first-order chi connectivity index (χ1) is 6.25. The number of H-pyrrole nitrogens is 1. The van der Waals surface area contributed by atoms with Crippen LogP contribution in [0, 0.1) is 4.77 Å². The molecule has 0 atom stereocenters. The van der Waals surface area contributed by atoms with E-state index in [2.05, 4.69) is 25.7 Å². The van der Waals surface area contributed by atoms with Crippen molar-refractivity contribution in [3.05, 3.63) is 16.7 Å². The molecular formula is C5H7N7S. The lowest BCUT2D eigenvalue weighted by molar-refractivity contribution is 0.603. The van der Waals surface area contributed by atoms with Gasteiger partial charge in [-0.25, -0.2) is 4.68 Å². The average Bonchev–Trinajstić information content (AvgIpc) is 2.64. The van der Waals surface area contributed by atoms with Gasteiger partial charge in [0.2, 0.25) is 4.77 Å². The molecule has 0 aliphatic carbocycles. The molecule has 0 aliphatic rings. The largest absolute Gasteiger partial charge is 0.238 e. The Morgan fingerprint density at radius 2 is 2.46 bits per heavy atom. The van der Waals surface area contributed by atoms with Crippen molar-refractivity contribution in [1.29, 1.82) is 0 Å². The maximum absolute atomic E-state index is 4.89. The van der Waals surface area contributed by atoms with Crippen molar-refractivity contribution in [3.8, 4) is 0 Å². The van der Waals surface area contributed by atoms with Gasteiger partial charge in [-0.2, -0.15) is 20.2 Å². The molecule has 0 unspecified atom stereocenters. The summed E-state index contributed by atoms with van der Waals surface area (Å²) >= 11 is 4.89. The SMILES string of the molecule is Cn1ncc(Cn2[nH]nnc2=S)n1. The summed E-state index contributed by atoms with van der Waals surface area (Å²) in [5, 5.41) is 17.8. The molecule has 0 spiro atoms. The maximum Gasteiger partial charge on any atom is 0.238 e. The summed E-state index contributed by atoms with van der Waals surface area (Å²) in [5.41, 5.74) is 0.810. The Morgan fingerprint density at radius 3 is 3.00 bits per heavy atom. The summed E-state index contributed by atoms with van der Waals surface area (Å²) in [5.74, 6) is 0. The molecule has 1 N–H and O–H groups in total. The van der Waals surface area contributed by atoms with Gasteiger partial charge < -0.3 is 0 Å². The van der Waals surface area contributed by atoms with Crippen molar-refractivity contribution >= 4 is 12.2 Å². The zero-order valence-corrected chi connectivity index (χ0v) is 7.69. The van der Waals surface area contributed by atoms with Crippen LogP contribution in [0.1, 0.15) is 5.69 Å². The number of rotatable bonds is 2. The summed E-state index contributed by atoms with van der Waals surface area (Å²) in [6, 6.07) is 0. The molecule has 2 heterocycles. The average molecular weight is 197 g/mol. The lowest BCUT2D eigenvalue weighted by atomic mass is 10.5. The minimum absolute atomic E-state index is 0.408. The highest BCUT2D eigenvalue weighted by atomic mass is 32.1. The molecular weight excluding hydrogens is 190 g/mol. The second-order valence-corrected chi connectivity index (χ2v) is 2.86. The zero-order valence-electron chi connectivity index (χ0n) is 6.88. The fourth-order valence-electron chi connectivity index (χ4n) is 0.941. The van der Waals surface area contributed by atoms with Crippen LogP contribution >= 0.6 is 12.2 Å². The van der Waals surface area contributed by atoms with E-state index in [1.54, 1.807) is 17.9 Å². The Labute approximate surface area is 78.4 Å². The van der Waals surface area contributed by atoms with Crippen LogP contribution in [0.5, 0.6) is 0 Å². The lowest BCUT2D eigenvalue weighted by Crippen LogP contribution is -2.03. The van der Waals surface area contributed by atoms with Gasteiger partial charge in [0.15, 0.2) is 0 Å². The first-order valence-corrected chi connectivity index (χ1v) is 3.99. The Bertz CT molecular complexity index is 451. The van der Waals surface area contributed by atoms with Crippen molar-refractivity contribution in [2.24, 2.45) is 7.05 Å². The molecule has 13 heavy (non-hydrogen) atoms. The van der Waals surface area contributed by atoms with Gasteiger partial charge in [-0.15, -0.1) is 0 Å². The second-order valence-electron chi connectivity index (χ2n) is 2.49. The minimum atomic E-state index is 0.408. The van der Waals surface area contributed by atoms with Crippen LogP contribution in [-0.2, 0) is 13.6 Å². The molecule has 0 saturated carbocycles. The highest BCUT2D eigenvalue weighted by Crippen LogP contribution is 1.94. The van der Waals surface area contributed by atoms with Gasteiger partial charge in [0, 0.05) is 7.05 Å². The number of aromatic amines is 1. The Kier molecular flexibility index (Phi) is 1.89. The first kappa shape index (κ1) is 8.05. The van der Waals surface area contributed by atoms with Crippen molar-refractivity contribution in [1.82, 2.24) is 35.2 Å². The topological polar surface area (TPSA) is 77.2 Å². The predicted molar refractivity (Wildman–Crippen MR) is 45.3 cm³/mol. The molecule has 0 saturated heterocycles. The van der Waals surface area contributed by atoms with Crippen molar-refractivity contribution in [3.63, 3.8) is 0 Å². The normalized spacial score (nSPS) is 10.5. The van der Waals surface area contributed by atoms with Crippen molar-refractivity contribution < 1.29 is 0 Å². The third-order valence-corrected chi connectivity index (χ3v) is 1.80. The zero-order chi connectivity index (χ0) is 9.26. The molecule has 0 amide bonds. The summed E-state index contributed by atoms with van der Waals surface area (Å²) in [4.78, 5) is 1.49. The lowest BCUT2D eigenvalue weighted by Gasteiger charge is -1.94. The van der Waals surface area contributed by atoms with Crippen molar-refractivity contribution in [2.45, 2.75) is 6.54 Å². The van der Waals surface area contributed by atoms with Crippen LogP contribution < -0.4 is 0 Å². The third kappa shape index (κ3) is 1.61. The van der Waals surface area contributed by atoms with Crippen LogP contribution in [0.2, 0.25) is 0 Å². The van der Waals surface area contributed by atoms with Gasteiger partial charge in [0.25, 0.3) is 0 Å². The van der Waals surface area contributed by atoms with E-state index in [-0.39, 0.29) is 0 Å². The van der Waals surface area contributed by atoms with Gasteiger partial charge >= 0.3 is 0 Å². The number of tetrazole rings is 1. The second kappa shape index (κ2) is 3.05. The van der Waals surface area contributed by atoms with Gasteiger partial charge in [0.05, 0.1) is 12.7 Å². The molecule has 2 aromatic rings. The van der Waals surface area contributed by atoms with Gasteiger partial charge in [-0.3, -0.25) is 0 Å². The number of aromatic nitrogens is 7. The predicted octanol–water partition coefficient (Wildman–Crippen LogP) is -0.488. The van der Waals surface area contributed by atoms with E-state index in [0.29, 0.717) is 11.3 Å². The number of hydrogen-bond acceptors (Lipinski definition) is 5. The quantitative estimate of drug-likeness (QED) is 0.657. The number of aryl methyl sites for hydroxylation is 1. The van der Waals surface area contributed by atoms with E-state index >= 15 is 0 Å². The van der Waals surface area contributed by atoms with Crippen molar-refractivity contribution in [2.75, 3.05) is 0 Å². The standard InChI is InChI=1S/C5H7N7S/c1-11-6-2-4(8-11)3-12-5(13)7-9-10-12/h2H,3H2,1H3,(H,7,10,13). The minimum Gasteiger partial charge on any atom is -0.236 e. The Hall–Kier alpha value is -1.57. The number of nitrogens with one attached hydrogen (secondary N) is 1. The molecule has 0 radical (unpaired) electrons. The molecule has 68 valence electrons. The first-order valence-electron chi connectivity index (χ1n) is 3.59. The summed E-state index contributed by atoms with van der Waals surface area (Å²) in [6.07, 6.45) is 1.67. The van der Waals surface area contributed by atoms with E-state index < -0.39 is 0 Å². The van der Waals surface area contributed by atoms with E-state index in [4.69, 9.17) is 12.2 Å². The monoisotopic (exact) mass is 197 g/mol.